The van der Waals surface area contributed by atoms with Crippen molar-refractivity contribution in [2.45, 2.75) is 65.1 Å². The van der Waals surface area contributed by atoms with Crippen molar-refractivity contribution < 1.29 is 9.59 Å². The molecule has 0 N–H and O–H groups in total. The fraction of sp³-hybridized carbons (Fsp3) is 0.538. The van der Waals surface area contributed by atoms with Gasteiger partial charge in [-0.05, 0) is 57.4 Å². The van der Waals surface area contributed by atoms with Crippen molar-refractivity contribution in [1.29, 1.82) is 0 Å². The second-order valence-electron chi connectivity index (χ2n) is 9.51. The number of carbonyl (C=O) groups is 2. The number of anilines is 1. The maximum Gasteiger partial charge on any atom is 0.253 e. The second-order valence-corrected chi connectivity index (χ2v) is 9.95. The number of benzene rings is 1. The maximum atomic E-state index is 12.9. The average molecular weight is 484 g/mol. The summed E-state index contributed by atoms with van der Waals surface area (Å²) in [6, 6.07) is 8.32. The zero-order valence-corrected chi connectivity index (χ0v) is 21.3. The first-order valence-electron chi connectivity index (χ1n) is 12.2. The Morgan fingerprint density at radius 2 is 1.79 bits per heavy atom. The fourth-order valence-corrected chi connectivity index (χ4v) is 5.40. The summed E-state index contributed by atoms with van der Waals surface area (Å²) < 4.78 is 0. The minimum Gasteiger partial charge on any atom is -0.350 e. The Bertz CT molecular complexity index is 1040. The van der Waals surface area contributed by atoms with E-state index in [0.29, 0.717) is 28.4 Å². The lowest BCUT2D eigenvalue weighted by Crippen LogP contribution is -2.62. The van der Waals surface area contributed by atoms with Crippen LogP contribution in [0.2, 0.25) is 5.02 Å². The van der Waals surface area contributed by atoms with Gasteiger partial charge in [0.2, 0.25) is 0 Å². The Morgan fingerprint density at radius 3 is 2.38 bits per heavy atom. The van der Waals surface area contributed by atoms with E-state index in [9.17, 15) is 9.59 Å². The van der Waals surface area contributed by atoms with Crippen LogP contribution in [0.25, 0.3) is 0 Å². The predicted molar refractivity (Wildman–Crippen MR) is 135 cm³/mol. The molecule has 2 aliphatic rings. The van der Waals surface area contributed by atoms with Gasteiger partial charge >= 0.3 is 0 Å². The molecule has 0 aliphatic carbocycles. The molecule has 3 heterocycles. The Hall–Kier alpha value is -2.51. The van der Waals surface area contributed by atoms with Crippen LogP contribution in [0.15, 0.2) is 30.5 Å². The quantitative estimate of drug-likeness (QED) is 0.592. The fourth-order valence-electron chi connectivity index (χ4n) is 5.27. The van der Waals surface area contributed by atoms with Gasteiger partial charge in [-0.3, -0.25) is 14.5 Å². The number of likely N-dealkylation sites (tertiary alicyclic amines) is 1. The summed E-state index contributed by atoms with van der Waals surface area (Å²) in [6.07, 6.45) is 4.60. The lowest BCUT2D eigenvalue weighted by molar-refractivity contribution is 0.0434. The Balaban J connectivity index is 1.41. The third kappa shape index (κ3) is 5.10. The van der Waals surface area contributed by atoms with Gasteiger partial charge < -0.3 is 9.80 Å². The van der Waals surface area contributed by atoms with E-state index >= 15 is 0 Å². The molecule has 0 spiro atoms. The number of rotatable bonds is 5. The van der Waals surface area contributed by atoms with Crippen LogP contribution in [0.3, 0.4) is 0 Å². The molecule has 182 valence electrons. The smallest absolute Gasteiger partial charge is 0.253 e. The molecule has 34 heavy (non-hydrogen) atoms. The van der Waals surface area contributed by atoms with Crippen molar-refractivity contribution in [2.24, 2.45) is 0 Å². The first-order valence-corrected chi connectivity index (χ1v) is 12.6. The number of carbonyl (C=O) groups excluding carboxylic acids is 2. The molecule has 2 fully saturated rings. The summed E-state index contributed by atoms with van der Waals surface area (Å²) in [4.78, 5) is 40.6. The number of aromatic nitrogens is 2. The SMILES string of the molecule is CC[C@H]1CN(c2ncc(C(C)=O)nc2C)[C@H](C)CN1C1CCN(C(=O)c2ccc(Cl)cc2)CC1. The van der Waals surface area contributed by atoms with Gasteiger partial charge in [0, 0.05) is 61.8 Å². The summed E-state index contributed by atoms with van der Waals surface area (Å²) in [7, 11) is 0. The third-order valence-electron chi connectivity index (χ3n) is 7.22. The van der Waals surface area contributed by atoms with Crippen molar-refractivity contribution in [1.82, 2.24) is 19.8 Å². The highest BCUT2D eigenvalue weighted by Crippen LogP contribution is 2.29. The molecule has 2 saturated heterocycles. The summed E-state index contributed by atoms with van der Waals surface area (Å²) in [5.74, 6) is 0.898. The van der Waals surface area contributed by atoms with Crippen LogP contribution in [0.5, 0.6) is 0 Å². The van der Waals surface area contributed by atoms with Gasteiger partial charge in [0.25, 0.3) is 5.91 Å². The van der Waals surface area contributed by atoms with Gasteiger partial charge in [-0.2, -0.15) is 0 Å². The van der Waals surface area contributed by atoms with Gasteiger partial charge in [0.1, 0.15) is 11.5 Å². The molecule has 1 amide bonds. The number of piperidine rings is 1. The molecule has 2 aromatic rings. The largest absolute Gasteiger partial charge is 0.350 e. The number of nitrogens with zero attached hydrogens (tertiary/aromatic N) is 5. The van der Waals surface area contributed by atoms with Crippen LogP contribution in [0.1, 0.15) is 66.6 Å². The summed E-state index contributed by atoms with van der Waals surface area (Å²) in [5, 5.41) is 0.644. The molecule has 8 heteroatoms. The van der Waals surface area contributed by atoms with Crippen LogP contribution < -0.4 is 4.90 Å². The van der Waals surface area contributed by atoms with Crippen molar-refractivity contribution >= 4 is 29.1 Å². The van der Waals surface area contributed by atoms with Crippen LogP contribution >= 0.6 is 11.6 Å². The Labute approximate surface area is 207 Å². The van der Waals surface area contributed by atoms with Gasteiger partial charge in [0.15, 0.2) is 5.78 Å². The normalized spacial score (nSPS) is 22.1. The molecular weight excluding hydrogens is 450 g/mol. The van der Waals surface area contributed by atoms with E-state index in [1.807, 2.05) is 11.8 Å². The van der Waals surface area contributed by atoms with Gasteiger partial charge in [-0.1, -0.05) is 18.5 Å². The topological polar surface area (TPSA) is 69.6 Å². The van der Waals surface area contributed by atoms with Crippen molar-refractivity contribution in [3.05, 3.63) is 52.4 Å². The first kappa shape index (κ1) is 24.6. The number of amides is 1. The van der Waals surface area contributed by atoms with E-state index in [2.05, 4.69) is 33.6 Å². The molecular formula is C26H34ClN5O2. The molecule has 2 aliphatic heterocycles. The number of aryl methyl sites for hydroxylation is 1. The third-order valence-corrected chi connectivity index (χ3v) is 7.47. The van der Waals surface area contributed by atoms with Gasteiger partial charge in [-0.15, -0.1) is 0 Å². The predicted octanol–water partition coefficient (Wildman–Crippen LogP) is 4.23. The minimum atomic E-state index is -0.0626. The molecule has 0 unspecified atom stereocenters. The molecule has 0 saturated carbocycles. The molecule has 1 aromatic heterocycles. The van der Waals surface area contributed by atoms with Crippen molar-refractivity contribution in [3.63, 3.8) is 0 Å². The van der Waals surface area contributed by atoms with Crippen LogP contribution in [-0.4, -0.2) is 75.8 Å². The van der Waals surface area contributed by atoms with Crippen molar-refractivity contribution in [3.8, 4) is 0 Å². The number of hydrogen-bond acceptors (Lipinski definition) is 6. The zero-order chi connectivity index (χ0) is 24.4. The molecule has 7 nitrogen and oxygen atoms in total. The number of Topliss-reactive ketones (excluding diaryl/α,β-unsaturated/α-hetero) is 1. The van der Waals surface area contributed by atoms with Gasteiger partial charge in [0.05, 0.1) is 11.9 Å². The Morgan fingerprint density at radius 1 is 1.12 bits per heavy atom. The van der Waals surface area contributed by atoms with E-state index < -0.39 is 0 Å². The standard InChI is InChI=1S/C26H34ClN5O2/c1-5-22-16-31(25-18(3)29-24(14-28-25)19(4)33)17(2)15-32(22)23-10-12-30(13-11-23)26(34)20-6-8-21(27)9-7-20/h6-9,14,17,22-23H,5,10-13,15-16H2,1-4H3/t17-,22+/m1/s1. The number of ketones is 1. The van der Waals surface area contributed by atoms with E-state index in [1.54, 1.807) is 30.5 Å². The van der Waals surface area contributed by atoms with Crippen LogP contribution in [-0.2, 0) is 0 Å². The molecule has 0 radical (unpaired) electrons. The molecule has 4 rings (SSSR count). The van der Waals surface area contributed by atoms with E-state index in [4.69, 9.17) is 11.6 Å². The lowest BCUT2D eigenvalue weighted by Gasteiger charge is -2.50. The highest BCUT2D eigenvalue weighted by Gasteiger charge is 2.37. The molecule has 1 aromatic carbocycles. The van der Waals surface area contributed by atoms with Crippen LogP contribution in [0, 0.1) is 6.92 Å². The maximum absolute atomic E-state index is 12.9. The lowest BCUT2D eigenvalue weighted by atomic mass is 9.96. The Kier molecular flexibility index (Phi) is 7.53. The number of piperazine rings is 1. The van der Waals surface area contributed by atoms with Gasteiger partial charge in [-0.25, -0.2) is 9.97 Å². The van der Waals surface area contributed by atoms with E-state index in [1.165, 1.54) is 6.92 Å². The minimum absolute atomic E-state index is 0.0626. The zero-order valence-electron chi connectivity index (χ0n) is 20.5. The van der Waals surface area contributed by atoms with E-state index in [-0.39, 0.29) is 17.7 Å². The molecule has 0 bridgehead atoms. The summed E-state index contributed by atoms with van der Waals surface area (Å²) >= 11 is 5.97. The highest BCUT2D eigenvalue weighted by molar-refractivity contribution is 6.30. The van der Waals surface area contributed by atoms with E-state index in [0.717, 1.165) is 57.0 Å². The summed E-state index contributed by atoms with van der Waals surface area (Å²) in [6.45, 7) is 11.3. The summed E-state index contributed by atoms with van der Waals surface area (Å²) in [5.41, 5.74) is 1.92. The van der Waals surface area contributed by atoms with Crippen molar-refractivity contribution in [2.75, 3.05) is 31.1 Å². The molecule has 2 atom stereocenters. The average Bonchev–Trinajstić information content (AvgIpc) is 2.84. The van der Waals surface area contributed by atoms with Crippen LogP contribution in [0.4, 0.5) is 5.82 Å². The first-order chi connectivity index (χ1) is 16.3. The highest BCUT2D eigenvalue weighted by atomic mass is 35.5. The second kappa shape index (κ2) is 10.4. The number of halogens is 1. The number of hydrogen-bond donors (Lipinski definition) is 0. The monoisotopic (exact) mass is 483 g/mol.